The molecule has 0 heterocycles. The summed E-state index contributed by atoms with van der Waals surface area (Å²) in [7, 11) is 1.32. The Kier molecular flexibility index (Phi) is 4.45. The van der Waals surface area contributed by atoms with Crippen LogP contribution in [0.2, 0.25) is 5.02 Å². The van der Waals surface area contributed by atoms with Gasteiger partial charge in [0.15, 0.2) is 0 Å². The van der Waals surface area contributed by atoms with Crippen molar-refractivity contribution in [3.63, 3.8) is 0 Å². The van der Waals surface area contributed by atoms with Crippen LogP contribution in [-0.2, 0) is 13.8 Å². The highest BCUT2D eigenvalue weighted by molar-refractivity contribution is 9.10. The van der Waals surface area contributed by atoms with E-state index in [2.05, 4.69) is 15.9 Å². The molecule has 8 heteroatoms. The molecule has 0 atom stereocenters. The predicted molar refractivity (Wildman–Crippen MR) is 75.2 cm³/mol. The van der Waals surface area contributed by atoms with Gasteiger partial charge in [0.25, 0.3) is 9.05 Å². The van der Waals surface area contributed by atoms with E-state index >= 15 is 0 Å². The average molecular weight is 388 g/mol. The lowest BCUT2D eigenvalue weighted by Crippen LogP contribution is -2.25. The maximum absolute atomic E-state index is 11.9. The summed E-state index contributed by atoms with van der Waals surface area (Å²) < 4.78 is 28.1. The zero-order valence-corrected chi connectivity index (χ0v) is 13.4. The Hall–Kier alpha value is -0.300. The molecule has 0 aliphatic heterocycles. The molecule has 1 saturated carbocycles. The zero-order valence-electron chi connectivity index (χ0n) is 9.53. The minimum atomic E-state index is -3.94. The standard InChI is InChI=1S/C11H9BrCl2O4S/c12-9-5-7(19(14,16)17)4-8(10(9)13)11(15)18-6-2-1-3-6/h4-6H,1-3H2. The van der Waals surface area contributed by atoms with E-state index in [0.29, 0.717) is 0 Å². The smallest absolute Gasteiger partial charge is 0.340 e. The summed E-state index contributed by atoms with van der Waals surface area (Å²) in [5.41, 5.74) is -0.0119. The Bertz CT molecular complexity index is 626. The number of carbonyl (C=O) groups is 1. The molecule has 1 aromatic rings. The van der Waals surface area contributed by atoms with Crippen molar-refractivity contribution < 1.29 is 17.9 Å². The Labute approximate surface area is 128 Å². The molecular formula is C11H9BrCl2O4S. The quantitative estimate of drug-likeness (QED) is 0.585. The van der Waals surface area contributed by atoms with Crippen molar-refractivity contribution in [3.05, 3.63) is 27.2 Å². The SMILES string of the molecule is O=C(OC1CCC1)c1cc(S(=O)(=O)Cl)cc(Br)c1Cl. The minimum Gasteiger partial charge on any atom is -0.459 e. The molecule has 0 radical (unpaired) electrons. The summed E-state index contributed by atoms with van der Waals surface area (Å²) >= 11 is 9.06. The third-order valence-electron chi connectivity index (χ3n) is 2.83. The van der Waals surface area contributed by atoms with Gasteiger partial charge >= 0.3 is 5.97 Å². The Balaban J connectivity index is 2.37. The van der Waals surface area contributed by atoms with Crippen LogP contribution in [-0.4, -0.2) is 20.5 Å². The second kappa shape index (κ2) is 5.60. The van der Waals surface area contributed by atoms with Crippen molar-refractivity contribution in [2.45, 2.75) is 30.3 Å². The molecule has 1 aliphatic carbocycles. The molecule has 1 aromatic carbocycles. The number of esters is 1. The number of hydrogen-bond donors (Lipinski definition) is 0. The van der Waals surface area contributed by atoms with Crippen molar-refractivity contribution in [3.8, 4) is 0 Å². The molecule has 0 spiro atoms. The number of rotatable bonds is 3. The maximum atomic E-state index is 11.9. The van der Waals surface area contributed by atoms with Gasteiger partial charge in [-0.3, -0.25) is 0 Å². The van der Waals surface area contributed by atoms with E-state index in [1.165, 1.54) is 6.07 Å². The van der Waals surface area contributed by atoms with Crippen LogP contribution in [0, 0.1) is 0 Å². The molecule has 1 aliphatic rings. The van der Waals surface area contributed by atoms with Crippen molar-refractivity contribution in [1.82, 2.24) is 0 Å². The van der Waals surface area contributed by atoms with Gasteiger partial charge in [0.2, 0.25) is 0 Å². The highest BCUT2D eigenvalue weighted by Gasteiger charge is 2.26. The number of carbonyl (C=O) groups excluding carboxylic acids is 1. The lowest BCUT2D eigenvalue weighted by Gasteiger charge is -2.25. The number of halogens is 3. The van der Waals surface area contributed by atoms with Crippen LogP contribution < -0.4 is 0 Å². The molecule has 2 rings (SSSR count). The first-order chi connectivity index (χ1) is 8.79. The van der Waals surface area contributed by atoms with Crippen LogP contribution in [0.15, 0.2) is 21.5 Å². The summed E-state index contributed by atoms with van der Waals surface area (Å²) in [6, 6.07) is 2.36. The first-order valence-corrected chi connectivity index (χ1v) is 8.92. The molecule has 0 bridgehead atoms. The van der Waals surface area contributed by atoms with E-state index in [1.54, 1.807) is 0 Å². The second-order valence-corrected chi connectivity index (χ2v) is 7.96. The molecule has 104 valence electrons. The molecule has 0 N–H and O–H groups in total. The van der Waals surface area contributed by atoms with Gasteiger partial charge in [0.05, 0.1) is 15.5 Å². The van der Waals surface area contributed by atoms with Gasteiger partial charge in [-0.05, 0) is 47.3 Å². The fourth-order valence-electron chi connectivity index (χ4n) is 1.56. The van der Waals surface area contributed by atoms with E-state index in [1.807, 2.05) is 0 Å². The summed E-state index contributed by atoms with van der Waals surface area (Å²) in [4.78, 5) is 11.7. The van der Waals surface area contributed by atoms with Gasteiger partial charge in [0.1, 0.15) is 6.10 Å². The average Bonchev–Trinajstić information content (AvgIpc) is 2.25. The topological polar surface area (TPSA) is 60.4 Å². The summed E-state index contributed by atoms with van der Waals surface area (Å²) in [5, 5.41) is 0.105. The minimum absolute atomic E-state index is 0.0119. The molecule has 0 unspecified atom stereocenters. The van der Waals surface area contributed by atoms with Gasteiger partial charge in [-0.25, -0.2) is 13.2 Å². The molecule has 0 amide bonds. The van der Waals surface area contributed by atoms with Crippen molar-refractivity contribution in [1.29, 1.82) is 0 Å². The van der Waals surface area contributed by atoms with E-state index in [0.717, 1.165) is 25.3 Å². The molecule has 1 fully saturated rings. The highest BCUT2D eigenvalue weighted by atomic mass is 79.9. The third kappa shape index (κ3) is 3.42. The molecular weight excluding hydrogens is 379 g/mol. The van der Waals surface area contributed by atoms with Crippen LogP contribution in [0.3, 0.4) is 0 Å². The van der Waals surface area contributed by atoms with Gasteiger partial charge in [-0.15, -0.1) is 0 Å². The van der Waals surface area contributed by atoms with Gasteiger partial charge in [-0.1, -0.05) is 11.6 Å². The van der Waals surface area contributed by atoms with E-state index in [-0.39, 0.29) is 26.1 Å². The van der Waals surface area contributed by atoms with E-state index in [9.17, 15) is 13.2 Å². The Morgan fingerprint density at radius 2 is 2.00 bits per heavy atom. The fraction of sp³-hybridized carbons (Fsp3) is 0.364. The van der Waals surface area contributed by atoms with Gasteiger partial charge < -0.3 is 4.74 Å². The maximum Gasteiger partial charge on any atom is 0.340 e. The van der Waals surface area contributed by atoms with Crippen molar-refractivity contribution in [2.24, 2.45) is 0 Å². The largest absolute Gasteiger partial charge is 0.459 e. The van der Waals surface area contributed by atoms with Crippen LogP contribution in [0.5, 0.6) is 0 Å². The van der Waals surface area contributed by atoms with E-state index in [4.69, 9.17) is 27.0 Å². The normalized spacial score (nSPS) is 15.9. The molecule has 19 heavy (non-hydrogen) atoms. The van der Waals surface area contributed by atoms with Crippen LogP contribution in [0.25, 0.3) is 0 Å². The van der Waals surface area contributed by atoms with Crippen LogP contribution in [0.4, 0.5) is 0 Å². The monoisotopic (exact) mass is 386 g/mol. The van der Waals surface area contributed by atoms with Crippen molar-refractivity contribution in [2.75, 3.05) is 0 Å². The lowest BCUT2D eigenvalue weighted by molar-refractivity contribution is 0.00899. The molecule has 4 nitrogen and oxygen atoms in total. The molecule has 0 saturated heterocycles. The van der Waals surface area contributed by atoms with E-state index < -0.39 is 15.0 Å². The Morgan fingerprint density at radius 1 is 1.37 bits per heavy atom. The van der Waals surface area contributed by atoms with Gasteiger partial charge in [0, 0.05) is 15.2 Å². The highest BCUT2D eigenvalue weighted by Crippen LogP contribution is 2.32. The van der Waals surface area contributed by atoms with Crippen LogP contribution >= 0.6 is 38.2 Å². The van der Waals surface area contributed by atoms with Crippen LogP contribution in [0.1, 0.15) is 29.6 Å². The first kappa shape index (κ1) is 15.1. The predicted octanol–water partition coefficient (Wildman–Crippen LogP) is 3.74. The van der Waals surface area contributed by atoms with Crippen molar-refractivity contribution >= 4 is 53.2 Å². The Morgan fingerprint density at radius 3 is 2.47 bits per heavy atom. The third-order valence-corrected chi connectivity index (χ3v) is 5.42. The summed E-state index contributed by atoms with van der Waals surface area (Å²) in [6.07, 6.45) is 2.54. The second-order valence-electron chi connectivity index (χ2n) is 4.16. The fourth-order valence-corrected chi connectivity index (χ4v) is 3.14. The zero-order chi connectivity index (χ0) is 14.2. The number of ether oxygens (including phenoxy) is 1. The van der Waals surface area contributed by atoms with Gasteiger partial charge in [-0.2, -0.15) is 0 Å². The number of benzene rings is 1. The molecule has 0 aromatic heterocycles. The first-order valence-electron chi connectivity index (χ1n) is 5.43. The number of hydrogen-bond acceptors (Lipinski definition) is 4. The summed E-state index contributed by atoms with van der Waals surface area (Å²) in [5.74, 6) is -0.641. The lowest BCUT2D eigenvalue weighted by atomic mass is 9.96. The summed E-state index contributed by atoms with van der Waals surface area (Å²) in [6.45, 7) is 0.